The smallest absolute Gasteiger partial charge is 0.270 e. The van der Waals surface area contributed by atoms with Gasteiger partial charge in [-0.3, -0.25) is 20.2 Å². The van der Waals surface area contributed by atoms with Gasteiger partial charge in [0, 0.05) is 17.7 Å². The summed E-state index contributed by atoms with van der Waals surface area (Å²) in [6.45, 7) is 2.00. The molecule has 6 nitrogen and oxygen atoms in total. The van der Waals surface area contributed by atoms with Crippen LogP contribution >= 0.6 is 11.4 Å². The third-order valence-corrected chi connectivity index (χ3v) is 4.11. The lowest BCUT2D eigenvalue weighted by molar-refractivity contribution is -0.384. The van der Waals surface area contributed by atoms with E-state index in [0.717, 1.165) is 16.1 Å². The second-order valence-electron chi connectivity index (χ2n) is 4.82. The number of hydrogen-bond donors (Lipinski definition) is 2. The van der Waals surface area contributed by atoms with Gasteiger partial charge in [-0.05, 0) is 30.7 Å². The largest absolute Gasteiger partial charge is 0.332 e. The molecule has 1 radical (unpaired) electrons. The van der Waals surface area contributed by atoms with Crippen molar-refractivity contribution in [3.63, 3.8) is 0 Å². The maximum atomic E-state index is 12.2. The number of aryl methyl sites for hydroxylation is 1. The molecule has 0 aliphatic carbocycles. The van der Waals surface area contributed by atoms with E-state index in [-0.39, 0.29) is 17.2 Å². The predicted octanol–water partition coefficient (Wildman–Crippen LogP) is 2.94. The monoisotopic (exact) mass is 314 g/mol. The Morgan fingerprint density at radius 1 is 1.27 bits per heavy atom. The summed E-state index contributed by atoms with van der Waals surface area (Å²) in [5.41, 5.74) is 2.21. The van der Waals surface area contributed by atoms with Gasteiger partial charge in [0.15, 0.2) is 5.11 Å². The number of benzene rings is 2. The van der Waals surface area contributed by atoms with Gasteiger partial charge in [-0.25, -0.2) is 0 Å². The lowest BCUT2D eigenvalue weighted by Crippen LogP contribution is -2.33. The van der Waals surface area contributed by atoms with Crippen molar-refractivity contribution in [2.24, 2.45) is 0 Å². The van der Waals surface area contributed by atoms with Crippen LogP contribution in [-0.4, -0.2) is 15.9 Å². The Hall–Kier alpha value is -2.80. The second-order valence-corrected chi connectivity index (χ2v) is 5.87. The molecule has 0 saturated carbocycles. The highest BCUT2D eigenvalue weighted by atomic mass is 32.1. The third-order valence-electron chi connectivity index (χ3n) is 3.14. The summed E-state index contributed by atoms with van der Waals surface area (Å²) in [4.78, 5) is 23.5. The Kier molecular flexibility index (Phi) is 3.56. The summed E-state index contributed by atoms with van der Waals surface area (Å²) >= 11 is 1.42. The van der Waals surface area contributed by atoms with Crippen LogP contribution in [0.3, 0.4) is 0 Å². The van der Waals surface area contributed by atoms with Crippen LogP contribution < -0.4 is 10.6 Å². The lowest BCUT2D eigenvalue weighted by Gasteiger charge is -2.06. The minimum absolute atomic E-state index is 0.108. The molecule has 0 fully saturated rings. The van der Waals surface area contributed by atoms with Crippen LogP contribution in [0.4, 0.5) is 11.4 Å². The topological polar surface area (TPSA) is 84.3 Å². The second kappa shape index (κ2) is 5.53. The van der Waals surface area contributed by atoms with Crippen LogP contribution in [0.15, 0.2) is 47.4 Å². The van der Waals surface area contributed by atoms with Crippen molar-refractivity contribution in [2.75, 3.05) is 5.32 Å². The number of anilines is 1. The van der Waals surface area contributed by atoms with Crippen molar-refractivity contribution >= 4 is 33.7 Å². The quantitative estimate of drug-likeness (QED) is 0.507. The highest BCUT2D eigenvalue weighted by Gasteiger charge is 2.17. The normalized spacial score (nSPS) is 12.1. The van der Waals surface area contributed by atoms with Crippen molar-refractivity contribution in [1.82, 2.24) is 5.32 Å². The van der Waals surface area contributed by atoms with Gasteiger partial charge >= 0.3 is 0 Å². The molecule has 0 atom stereocenters. The summed E-state index contributed by atoms with van der Waals surface area (Å²) < 4.78 is 0. The zero-order valence-electron chi connectivity index (χ0n) is 11.6. The summed E-state index contributed by atoms with van der Waals surface area (Å²) in [7, 11) is 0. The van der Waals surface area contributed by atoms with E-state index in [0.29, 0.717) is 5.11 Å². The molecule has 0 unspecified atom stereocenters. The number of carbonyl (C=O) groups is 1. The van der Waals surface area contributed by atoms with Gasteiger partial charge in [-0.2, -0.15) is 0 Å². The molecule has 0 aromatic heterocycles. The van der Waals surface area contributed by atoms with Gasteiger partial charge in [0.25, 0.3) is 11.6 Å². The van der Waals surface area contributed by atoms with Crippen LogP contribution in [0.1, 0.15) is 15.9 Å². The Morgan fingerprint density at radius 2 is 2.09 bits per heavy atom. The number of nitro groups is 1. The molecule has 1 heterocycles. The van der Waals surface area contributed by atoms with Crippen LogP contribution in [0.5, 0.6) is 0 Å². The van der Waals surface area contributed by atoms with E-state index in [4.69, 9.17) is 0 Å². The molecule has 111 valence electrons. The van der Waals surface area contributed by atoms with Crippen molar-refractivity contribution < 1.29 is 9.72 Å². The minimum Gasteiger partial charge on any atom is -0.332 e. The minimum atomic E-state index is -0.523. The Labute approximate surface area is 130 Å². The third kappa shape index (κ3) is 2.79. The first-order valence-electron chi connectivity index (χ1n) is 6.51. The molecule has 1 aliphatic rings. The number of nitrogens with one attached hydrogen (secondary N) is 2. The van der Waals surface area contributed by atoms with Crippen molar-refractivity contribution in [2.45, 2.75) is 11.8 Å². The number of amides is 1. The standard InChI is InChI=1S/C15H12N3O3S/c1-9-5-6-12-13(7-9)22-15(16-12)17-14(19)10-3-2-4-11(8-10)18(20)21/h2-8,16H,1H3,(H,17,19). The molecule has 2 aromatic rings. The lowest BCUT2D eigenvalue weighted by atomic mass is 10.2. The zero-order valence-corrected chi connectivity index (χ0v) is 12.4. The molecule has 0 spiro atoms. The number of fused-ring (bicyclic) bond motifs is 1. The summed E-state index contributed by atoms with van der Waals surface area (Å²) in [5, 5.41) is 17.2. The number of carbonyl (C=O) groups excluding carboxylic acids is 1. The zero-order chi connectivity index (χ0) is 15.7. The maximum absolute atomic E-state index is 12.2. The van der Waals surface area contributed by atoms with E-state index >= 15 is 0 Å². The molecule has 7 heteroatoms. The van der Waals surface area contributed by atoms with Gasteiger partial charge in [0.2, 0.25) is 0 Å². The molecule has 0 saturated heterocycles. The van der Waals surface area contributed by atoms with E-state index < -0.39 is 4.92 Å². The van der Waals surface area contributed by atoms with E-state index in [2.05, 4.69) is 10.6 Å². The number of nitrogens with zero attached hydrogens (tertiary/aromatic N) is 1. The van der Waals surface area contributed by atoms with Crippen LogP contribution in [-0.2, 0) is 0 Å². The fraction of sp³-hybridized carbons (Fsp3) is 0.0667. The SMILES string of the molecule is Cc1ccc2c(c1)[S]=C(NC(=O)c1cccc([N+](=O)[O-])c1)N2. The van der Waals surface area contributed by atoms with Crippen molar-refractivity contribution in [3.05, 3.63) is 63.7 Å². The van der Waals surface area contributed by atoms with Crippen LogP contribution in [0, 0.1) is 17.0 Å². The molecule has 0 bridgehead atoms. The average Bonchev–Trinajstić information content (AvgIpc) is 2.88. The summed E-state index contributed by atoms with van der Waals surface area (Å²) in [5.74, 6) is -0.386. The van der Waals surface area contributed by atoms with Gasteiger partial charge in [0.05, 0.1) is 15.5 Å². The average molecular weight is 314 g/mol. The van der Waals surface area contributed by atoms with E-state index in [1.54, 1.807) is 6.07 Å². The molecule has 1 amide bonds. The molecule has 2 aromatic carbocycles. The van der Waals surface area contributed by atoms with Gasteiger partial charge in [0.1, 0.15) is 0 Å². The van der Waals surface area contributed by atoms with Crippen LogP contribution in [0.2, 0.25) is 0 Å². The molecule has 22 heavy (non-hydrogen) atoms. The number of hydrogen-bond acceptors (Lipinski definition) is 4. The van der Waals surface area contributed by atoms with Gasteiger partial charge in [-0.1, -0.05) is 23.5 Å². The predicted molar refractivity (Wildman–Crippen MR) is 86.2 cm³/mol. The van der Waals surface area contributed by atoms with Gasteiger partial charge in [-0.15, -0.1) is 0 Å². The van der Waals surface area contributed by atoms with Crippen LogP contribution in [0.25, 0.3) is 0 Å². The first-order chi connectivity index (χ1) is 10.5. The van der Waals surface area contributed by atoms with Crippen molar-refractivity contribution in [1.29, 1.82) is 0 Å². The number of rotatable bonds is 2. The molecule has 2 N–H and O–H groups in total. The number of non-ortho nitro benzene ring substituents is 1. The molecular weight excluding hydrogens is 302 g/mol. The maximum Gasteiger partial charge on any atom is 0.270 e. The Morgan fingerprint density at radius 3 is 2.86 bits per heavy atom. The Bertz CT molecular complexity index is 817. The molecule has 1 aliphatic heterocycles. The van der Waals surface area contributed by atoms with Gasteiger partial charge < -0.3 is 5.32 Å². The van der Waals surface area contributed by atoms with E-state index in [1.165, 1.54) is 29.6 Å². The number of nitro benzene ring substituents is 1. The first-order valence-corrected chi connectivity index (χ1v) is 7.33. The molecule has 3 rings (SSSR count). The molecular formula is C15H12N3O3S. The fourth-order valence-electron chi connectivity index (χ4n) is 2.07. The fourth-order valence-corrected chi connectivity index (χ4v) is 3.07. The van der Waals surface area contributed by atoms with E-state index in [1.807, 2.05) is 25.1 Å². The summed E-state index contributed by atoms with van der Waals surface area (Å²) in [6.07, 6.45) is 0. The van der Waals surface area contributed by atoms with E-state index in [9.17, 15) is 14.9 Å². The highest BCUT2D eigenvalue weighted by molar-refractivity contribution is 7.99. The highest BCUT2D eigenvalue weighted by Crippen LogP contribution is 2.29. The summed E-state index contributed by atoms with van der Waals surface area (Å²) in [6, 6.07) is 11.6. The Balaban J connectivity index is 1.77. The first kappa shape index (κ1) is 14.2. The van der Waals surface area contributed by atoms with Crippen molar-refractivity contribution in [3.8, 4) is 0 Å².